The van der Waals surface area contributed by atoms with Gasteiger partial charge in [-0.25, -0.2) is 4.79 Å². The molecule has 0 saturated heterocycles. The van der Waals surface area contributed by atoms with E-state index in [4.69, 9.17) is 4.74 Å². The molecule has 1 amide bonds. The van der Waals surface area contributed by atoms with Crippen molar-refractivity contribution in [3.8, 4) is 11.1 Å². The van der Waals surface area contributed by atoms with Crippen LogP contribution in [0.1, 0.15) is 28.5 Å². The monoisotopic (exact) mass is 454 g/mol. The summed E-state index contributed by atoms with van der Waals surface area (Å²) in [6.07, 6.45) is -1.07. The van der Waals surface area contributed by atoms with E-state index in [2.05, 4.69) is 5.32 Å². The van der Waals surface area contributed by atoms with Crippen molar-refractivity contribution in [2.24, 2.45) is 7.05 Å². The molecule has 0 saturated carbocycles. The van der Waals surface area contributed by atoms with E-state index in [1.54, 1.807) is 31.3 Å². The predicted octanol–water partition coefficient (Wildman–Crippen LogP) is 5.01. The number of rotatable bonds is 5. The molecule has 6 nitrogen and oxygen atoms in total. The molecule has 0 aliphatic rings. The average molecular weight is 455 g/mol. The fourth-order valence-corrected chi connectivity index (χ4v) is 3.87. The molecule has 4 rings (SSSR count). The minimum Gasteiger partial charge on any atom is -0.448 e. The molecule has 172 valence electrons. The molecule has 0 fully saturated rings. The van der Waals surface area contributed by atoms with Crippen LogP contribution in [-0.2, 0) is 16.6 Å². The van der Waals surface area contributed by atoms with E-state index in [9.17, 15) is 14.4 Å². The van der Waals surface area contributed by atoms with Crippen molar-refractivity contribution in [2.45, 2.75) is 26.9 Å². The highest BCUT2D eigenvalue weighted by Crippen LogP contribution is 2.31. The van der Waals surface area contributed by atoms with Crippen LogP contribution in [0.15, 0.2) is 77.6 Å². The van der Waals surface area contributed by atoms with Crippen molar-refractivity contribution in [1.29, 1.82) is 0 Å². The van der Waals surface area contributed by atoms with Gasteiger partial charge in [0.25, 0.3) is 11.5 Å². The molecule has 1 heterocycles. The number of carbonyl (C=O) groups excluding carboxylic acids is 2. The number of ether oxygens (including phenoxy) is 1. The third kappa shape index (κ3) is 4.48. The molecule has 0 bridgehead atoms. The minimum atomic E-state index is -1.07. The summed E-state index contributed by atoms with van der Waals surface area (Å²) in [7, 11) is 1.54. The van der Waals surface area contributed by atoms with Gasteiger partial charge in [0.2, 0.25) is 0 Å². The van der Waals surface area contributed by atoms with Gasteiger partial charge in [-0.05, 0) is 49.9 Å². The Kier molecular flexibility index (Phi) is 6.32. The molecule has 1 N–H and O–H groups in total. The van der Waals surface area contributed by atoms with Crippen LogP contribution < -0.4 is 10.9 Å². The van der Waals surface area contributed by atoms with Gasteiger partial charge in [0, 0.05) is 23.7 Å². The molecule has 0 spiro atoms. The van der Waals surface area contributed by atoms with Crippen LogP contribution in [-0.4, -0.2) is 22.5 Å². The number of nitrogens with one attached hydrogen (secondary N) is 1. The van der Waals surface area contributed by atoms with Gasteiger partial charge >= 0.3 is 5.97 Å². The van der Waals surface area contributed by atoms with Crippen molar-refractivity contribution in [3.63, 3.8) is 0 Å². The molecule has 0 radical (unpaired) electrons. The predicted molar refractivity (Wildman–Crippen MR) is 134 cm³/mol. The summed E-state index contributed by atoms with van der Waals surface area (Å²) in [5.74, 6) is -1.20. The maximum atomic E-state index is 13.4. The highest BCUT2D eigenvalue weighted by Gasteiger charge is 2.26. The molecule has 6 heteroatoms. The number of benzene rings is 3. The number of hydrogen-bond donors (Lipinski definition) is 1. The Bertz CT molecular complexity index is 1430. The molecule has 0 aliphatic carbocycles. The van der Waals surface area contributed by atoms with Crippen molar-refractivity contribution >= 4 is 28.3 Å². The van der Waals surface area contributed by atoms with Gasteiger partial charge in [-0.1, -0.05) is 65.7 Å². The van der Waals surface area contributed by atoms with Crippen LogP contribution in [0.3, 0.4) is 0 Å². The number of aryl methyl sites for hydroxylation is 2. The fourth-order valence-electron chi connectivity index (χ4n) is 3.87. The lowest BCUT2D eigenvalue weighted by Crippen LogP contribution is -2.32. The fraction of sp³-hybridized carbons (Fsp3) is 0.179. The number of amides is 1. The van der Waals surface area contributed by atoms with E-state index in [1.807, 2.05) is 62.4 Å². The molecular formula is C28H26N2O4. The number of aromatic nitrogens is 1. The van der Waals surface area contributed by atoms with E-state index in [-0.39, 0.29) is 11.3 Å². The molecule has 3 aromatic carbocycles. The Labute approximate surface area is 197 Å². The molecule has 0 aliphatic heterocycles. The number of anilines is 1. The topological polar surface area (TPSA) is 77.4 Å². The molecule has 34 heavy (non-hydrogen) atoms. The van der Waals surface area contributed by atoms with Crippen LogP contribution in [0.4, 0.5) is 5.69 Å². The van der Waals surface area contributed by atoms with Gasteiger partial charge in [-0.15, -0.1) is 0 Å². The number of hydrogen-bond acceptors (Lipinski definition) is 4. The van der Waals surface area contributed by atoms with Crippen molar-refractivity contribution in [1.82, 2.24) is 4.57 Å². The quantitative estimate of drug-likeness (QED) is 0.430. The summed E-state index contributed by atoms with van der Waals surface area (Å²) in [5.41, 5.74) is 3.91. The third-order valence-corrected chi connectivity index (χ3v) is 5.81. The number of esters is 1. The Morgan fingerprint density at radius 1 is 0.853 bits per heavy atom. The number of pyridine rings is 1. The van der Waals surface area contributed by atoms with E-state index in [0.717, 1.165) is 16.7 Å². The zero-order valence-corrected chi connectivity index (χ0v) is 19.6. The Morgan fingerprint density at radius 2 is 1.41 bits per heavy atom. The maximum Gasteiger partial charge on any atom is 0.356 e. The summed E-state index contributed by atoms with van der Waals surface area (Å²) in [4.78, 5) is 39.1. The maximum absolute atomic E-state index is 13.4. The average Bonchev–Trinajstić information content (AvgIpc) is 2.83. The first-order chi connectivity index (χ1) is 16.3. The Morgan fingerprint density at radius 3 is 2.03 bits per heavy atom. The second-order valence-electron chi connectivity index (χ2n) is 8.40. The first-order valence-electron chi connectivity index (χ1n) is 11.0. The molecular weight excluding hydrogens is 428 g/mol. The van der Waals surface area contributed by atoms with Gasteiger partial charge in [0.05, 0.1) is 0 Å². The Balaban J connectivity index is 1.73. The normalized spacial score (nSPS) is 11.8. The molecule has 4 aromatic rings. The number of fused-ring (bicyclic) bond motifs is 1. The van der Waals surface area contributed by atoms with E-state index < -0.39 is 18.0 Å². The van der Waals surface area contributed by atoms with Crippen molar-refractivity contribution in [3.05, 3.63) is 100.0 Å². The highest BCUT2D eigenvalue weighted by molar-refractivity contribution is 6.07. The van der Waals surface area contributed by atoms with Crippen LogP contribution in [0.5, 0.6) is 0 Å². The summed E-state index contributed by atoms with van der Waals surface area (Å²) in [5, 5.41) is 3.90. The lowest BCUT2D eigenvalue weighted by Gasteiger charge is -2.19. The zero-order valence-electron chi connectivity index (χ0n) is 19.6. The SMILES string of the molecule is Cc1ccc(NC(=O)C(C)OC(=O)c2c(-c3ccc(C)cc3)c3ccccc3c(=O)n2C)cc1. The first-order valence-corrected chi connectivity index (χ1v) is 11.0. The lowest BCUT2D eigenvalue weighted by molar-refractivity contribution is -0.123. The first kappa shape index (κ1) is 23.0. The van der Waals surface area contributed by atoms with Crippen molar-refractivity contribution < 1.29 is 14.3 Å². The summed E-state index contributed by atoms with van der Waals surface area (Å²) in [6, 6.07) is 22.2. The van der Waals surface area contributed by atoms with Crippen LogP contribution in [0.25, 0.3) is 21.9 Å². The van der Waals surface area contributed by atoms with Crippen molar-refractivity contribution in [2.75, 3.05) is 5.32 Å². The van der Waals surface area contributed by atoms with Gasteiger partial charge < -0.3 is 14.6 Å². The third-order valence-electron chi connectivity index (χ3n) is 5.81. The second-order valence-corrected chi connectivity index (χ2v) is 8.40. The molecule has 1 unspecified atom stereocenters. The second kappa shape index (κ2) is 9.35. The largest absolute Gasteiger partial charge is 0.448 e. The highest BCUT2D eigenvalue weighted by atomic mass is 16.5. The van der Waals surface area contributed by atoms with Crippen LogP contribution in [0, 0.1) is 13.8 Å². The van der Waals surface area contributed by atoms with E-state index >= 15 is 0 Å². The van der Waals surface area contributed by atoms with Gasteiger partial charge in [-0.2, -0.15) is 0 Å². The van der Waals surface area contributed by atoms with Gasteiger partial charge in [0.15, 0.2) is 6.10 Å². The van der Waals surface area contributed by atoms with Crippen LogP contribution in [0.2, 0.25) is 0 Å². The smallest absolute Gasteiger partial charge is 0.356 e. The summed E-state index contributed by atoms with van der Waals surface area (Å²) in [6.45, 7) is 5.44. The standard InChI is InChI=1S/C28H26N2O4/c1-17-9-13-20(14-10-17)24-22-7-5-6-8-23(22)27(32)30(4)25(24)28(33)34-19(3)26(31)29-21-15-11-18(2)12-16-21/h5-16,19H,1-4H3,(H,29,31). The van der Waals surface area contributed by atoms with E-state index in [1.165, 1.54) is 11.5 Å². The van der Waals surface area contributed by atoms with Crippen LogP contribution >= 0.6 is 0 Å². The molecule has 1 atom stereocenters. The lowest BCUT2D eigenvalue weighted by atomic mass is 9.96. The van der Waals surface area contributed by atoms with Gasteiger partial charge in [0.1, 0.15) is 5.69 Å². The minimum absolute atomic E-state index is 0.0996. The number of nitrogens with zero attached hydrogens (tertiary/aromatic N) is 1. The summed E-state index contributed by atoms with van der Waals surface area (Å²) < 4.78 is 6.85. The number of carbonyl (C=O) groups is 2. The Hall–Kier alpha value is -4.19. The summed E-state index contributed by atoms with van der Waals surface area (Å²) >= 11 is 0. The van der Waals surface area contributed by atoms with Gasteiger partial charge in [-0.3, -0.25) is 9.59 Å². The van der Waals surface area contributed by atoms with E-state index in [0.29, 0.717) is 22.0 Å². The molecule has 1 aromatic heterocycles. The zero-order chi connectivity index (χ0) is 24.4.